The van der Waals surface area contributed by atoms with Gasteiger partial charge in [-0.1, -0.05) is 18.2 Å². The average molecular weight is 276 g/mol. The third-order valence-electron chi connectivity index (χ3n) is 3.32. The number of hydrogen-bond acceptors (Lipinski definition) is 3. The molecule has 0 aliphatic rings. The number of aromatic nitrogens is 3. The molecule has 0 fully saturated rings. The van der Waals surface area contributed by atoms with Crippen LogP contribution in [0.1, 0.15) is 21.6 Å². The topological polar surface area (TPSA) is 63.0 Å². The van der Waals surface area contributed by atoms with Gasteiger partial charge in [-0.3, -0.25) is 9.89 Å². The van der Waals surface area contributed by atoms with Crippen molar-refractivity contribution < 1.29 is 4.79 Å². The van der Waals surface area contributed by atoms with Crippen LogP contribution in [0.2, 0.25) is 0 Å². The monoisotopic (exact) mass is 276 g/mol. The first-order valence-corrected chi connectivity index (χ1v) is 6.47. The second-order valence-corrected chi connectivity index (χ2v) is 4.83. The number of nitrogens with zero attached hydrogens (tertiary/aromatic N) is 3. The van der Waals surface area contributed by atoms with Gasteiger partial charge < -0.3 is 0 Å². The quantitative estimate of drug-likeness (QED) is 0.590. The van der Waals surface area contributed by atoms with Gasteiger partial charge in [-0.2, -0.15) is 5.10 Å². The van der Waals surface area contributed by atoms with Crippen LogP contribution >= 0.6 is 0 Å². The van der Waals surface area contributed by atoms with Crippen molar-refractivity contribution in [1.82, 2.24) is 15.2 Å². The Kier molecular flexibility index (Phi) is 3.20. The van der Waals surface area contributed by atoms with Gasteiger partial charge in [0.05, 0.1) is 6.57 Å². The van der Waals surface area contributed by atoms with E-state index in [0.29, 0.717) is 16.9 Å². The van der Waals surface area contributed by atoms with Crippen molar-refractivity contribution in [3.8, 4) is 0 Å². The number of H-pyrrole nitrogens is 1. The predicted octanol–water partition coefficient (Wildman–Crippen LogP) is 3.24. The number of Topliss-reactive ketones (excluding diaryl/α,β-unsaturated/α-hetero) is 1. The zero-order valence-corrected chi connectivity index (χ0v) is 11.4. The van der Waals surface area contributed by atoms with Crippen LogP contribution in [0.5, 0.6) is 0 Å². The number of nitrogens with one attached hydrogen (secondary N) is 1. The molecule has 102 valence electrons. The highest BCUT2D eigenvalue weighted by molar-refractivity contribution is 5.98. The minimum Gasteiger partial charge on any atom is -0.294 e. The third-order valence-corrected chi connectivity index (χ3v) is 3.32. The van der Waals surface area contributed by atoms with Gasteiger partial charge in [-0.05, 0) is 24.6 Å². The lowest BCUT2D eigenvalue weighted by Crippen LogP contribution is -2.03. The molecule has 0 bridgehead atoms. The van der Waals surface area contributed by atoms with Crippen molar-refractivity contribution in [3.05, 3.63) is 64.8 Å². The molecule has 0 aliphatic carbocycles. The van der Waals surface area contributed by atoms with Gasteiger partial charge in [0.1, 0.15) is 0 Å². The highest BCUT2D eigenvalue weighted by atomic mass is 16.1. The van der Waals surface area contributed by atoms with Gasteiger partial charge >= 0.3 is 0 Å². The molecule has 3 rings (SSSR count). The molecule has 21 heavy (non-hydrogen) atoms. The van der Waals surface area contributed by atoms with E-state index in [9.17, 15) is 4.79 Å². The van der Waals surface area contributed by atoms with E-state index in [4.69, 9.17) is 6.57 Å². The Labute approximate surface area is 121 Å². The van der Waals surface area contributed by atoms with Gasteiger partial charge in [0.15, 0.2) is 17.1 Å². The molecule has 1 N–H and O–H groups in total. The molecular weight excluding hydrogens is 264 g/mol. The van der Waals surface area contributed by atoms with E-state index in [2.05, 4.69) is 20.0 Å². The Morgan fingerprint density at radius 2 is 2.24 bits per heavy atom. The number of carbonyl (C=O) groups excluding carboxylic acids is 1. The number of aromatic amines is 1. The summed E-state index contributed by atoms with van der Waals surface area (Å²) >= 11 is 0. The van der Waals surface area contributed by atoms with Crippen LogP contribution in [0.3, 0.4) is 0 Å². The first-order chi connectivity index (χ1) is 10.2. The van der Waals surface area contributed by atoms with Crippen molar-refractivity contribution in [1.29, 1.82) is 0 Å². The summed E-state index contributed by atoms with van der Waals surface area (Å²) in [4.78, 5) is 19.9. The van der Waals surface area contributed by atoms with E-state index < -0.39 is 0 Å². The van der Waals surface area contributed by atoms with Gasteiger partial charge in [-0.25, -0.2) is 9.83 Å². The Bertz CT molecular complexity index is 873. The first-order valence-electron chi connectivity index (χ1n) is 6.47. The van der Waals surface area contributed by atoms with Crippen LogP contribution in [-0.2, 0) is 6.42 Å². The smallest absolute Gasteiger partial charge is 0.187 e. The highest BCUT2D eigenvalue weighted by Gasteiger charge is 2.10. The molecule has 5 heteroatoms. The molecule has 3 aromatic rings. The maximum atomic E-state index is 12.3. The zero-order valence-electron chi connectivity index (χ0n) is 11.4. The Balaban J connectivity index is 1.88. The number of aryl methyl sites for hydroxylation is 1. The molecule has 1 aromatic carbocycles. The second kappa shape index (κ2) is 5.17. The number of carbonyl (C=O) groups is 1. The number of pyridine rings is 1. The summed E-state index contributed by atoms with van der Waals surface area (Å²) in [7, 11) is 0. The third kappa shape index (κ3) is 2.51. The van der Waals surface area contributed by atoms with Crippen LogP contribution in [-0.4, -0.2) is 21.0 Å². The summed E-state index contributed by atoms with van der Waals surface area (Å²) in [5, 5.41) is 7.86. The molecule has 0 radical (unpaired) electrons. The van der Waals surface area contributed by atoms with Crippen LogP contribution in [0, 0.1) is 13.5 Å². The predicted molar refractivity (Wildman–Crippen MR) is 79.4 cm³/mol. The molecule has 2 aromatic heterocycles. The van der Waals surface area contributed by atoms with Crippen LogP contribution in [0.4, 0.5) is 5.69 Å². The zero-order chi connectivity index (χ0) is 14.8. The summed E-state index contributed by atoms with van der Waals surface area (Å²) in [5.74, 6) is -0.0252. The number of hydrogen-bond donors (Lipinski definition) is 1. The molecule has 0 atom stereocenters. The van der Waals surface area contributed by atoms with E-state index in [1.165, 1.54) is 0 Å². The van der Waals surface area contributed by atoms with E-state index >= 15 is 0 Å². The maximum Gasteiger partial charge on any atom is 0.187 e. The van der Waals surface area contributed by atoms with Crippen molar-refractivity contribution in [2.24, 2.45) is 0 Å². The van der Waals surface area contributed by atoms with Gasteiger partial charge in [-0.15, -0.1) is 0 Å². The fraction of sp³-hybridized carbons (Fsp3) is 0.125. The number of rotatable bonds is 3. The summed E-state index contributed by atoms with van der Waals surface area (Å²) in [5.41, 5.74) is 3.44. The minimum atomic E-state index is -0.0252. The second-order valence-electron chi connectivity index (χ2n) is 4.83. The highest BCUT2D eigenvalue weighted by Crippen LogP contribution is 2.18. The molecule has 0 unspecified atom stereocenters. The Morgan fingerprint density at radius 3 is 3.05 bits per heavy atom. The SMILES string of the molecule is [C-]#[N+]c1cccc(C(=O)Cc2cnc3n[nH]c(C)c3c2)c1. The average Bonchev–Trinajstić information content (AvgIpc) is 2.88. The minimum absolute atomic E-state index is 0.0252. The number of benzene rings is 1. The lowest BCUT2D eigenvalue weighted by molar-refractivity contribution is 0.0993. The Hall–Kier alpha value is -3.00. The first kappa shape index (κ1) is 13.0. The van der Waals surface area contributed by atoms with Crippen molar-refractivity contribution in [2.45, 2.75) is 13.3 Å². The molecule has 0 amide bonds. The molecule has 2 heterocycles. The van der Waals surface area contributed by atoms with Gasteiger partial charge in [0.2, 0.25) is 0 Å². The lowest BCUT2D eigenvalue weighted by atomic mass is 10.0. The molecule has 0 saturated carbocycles. The summed E-state index contributed by atoms with van der Waals surface area (Å²) in [6, 6.07) is 8.68. The number of fused-ring (bicyclic) bond motifs is 1. The summed E-state index contributed by atoms with van der Waals surface area (Å²) < 4.78 is 0. The fourth-order valence-corrected chi connectivity index (χ4v) is 2.20. The Morgan fingerprint density at radius 1 is 1.38 bits per heavy atom. The lowest BCUT2D eigenvalue weighted by Gasteiger charge is -2.02. The number of ketones is 1. The molecule has 5 nitrogen and oxygen atoms in total. The van der Waals surface area contributed by atoms with E-state index in [0.717, 1.165) is 16.6 Å². The summed E-state index contributed by atoms with van der Waals surface area (Å²) in [6.45, 7) is 8.91. The van der Waals surface area contributed by atoms with Crippen LogP contribution in [0.25, 0.3) is 15.9 Å². The van der Waals surface area contributed by atoms with Crippen LogP contribution in [0.15, 0.2) is 36.5 Å². The normalized spacial score (nSPS) is 10.5. The van der Waals surface area contributed by atoms with Crippen molar-refractivity contribution in [2.75, 3.05) is 0 Å². The largest absolute Gasteiger partial charge is 0.294 e. The van der Waals surface area contributed by atoms with Crippen molar-refractivity contribution in [3.63, 3.8) is 0 Å². The maximum absolute atomic E-state index is 12.3. The van der Waals surface area contributed by atoms with E-state index in [1.807, 2.05) is 13.0 Å². The molecule has 0 aliphatic heterocycles. The van der Waals surface area contributed by atoms with Crippen LogP contribution < -0.4 is 0 Å². The standard InChI is InChI=1S/C16H12N4O/c1-10-14-6-11(9-18-16(14)20-19-10)7-15(21)12-4-3-5-13(8-12)17-2/h3-6,8-9H,7H2,1H3,(H,18,19,20). The van der Waals surface area contributed by atoms with Crippen molar-refractivity contribution >= 4 is 22.5 Å². The van der Waals surface area contributed by atoms with Gasteiger partial charge in [0, 0.05) is 29.3 Å². The molecular formula is C16H12N4O. The van der Waals surface area contributed by atoms with E-state index in [-0.39, 0.29) is 12.2 Å². The molecule has 0 saturated heterocycles. The van der Waals surface area contributed by atoms with E-state index in [1.54, 1.807) is 30.5 Å². The molecule has 0 spiro atoms. The summed E-state index contributed by atoms with van der Waals surface area (Å²) in [6.07, 6.45) is 1.92. The fourth-order valence-electron chi connectivity index (χ4n) is 2.20. The van der Waals surface area contributed by atoms with Gasteiger partial charge in [0.25, 0.3) is 0 Å².